The van der Waals surface area contributed by atoms with Crippen molar-refractivity contribution in [1.82, 2.24) is 0 Å². The van der Waals surface area contributed by atoms with Crippen molar-refractivity contribution in [1.29, 1.82) is 0 Å². The van der Waals surface area contributed by atoms with Crippen molar-refractivity contribution in [2.75, 3.05) is 0 Å². The Labute approximate surface area is 210 Å². The lowest BCUT2D eigenvalue weighted by atomic mass is 9.47. The van der Waals surface area contributed by atoms with Gasteiger partial charge in [0.1, 0.15) is 6.10 Å². The maximum Gasteiger partial charge on any atom is 0.333 e. The summed E-state index contributed by atoms with van der Waals surface area (Å²) in [7, 11) is 0. The number of ether oxygens (including phenoxy) is 1. The highest BCUT2D eigenvalue weighted by Crippen LogP contribution is 2.66. The minimum Gasteiger partial charge on any atom is -0.459 e. The molecule has 0 spiro atoms. The first-order chi connectivity index (χ1) is 16.3. The van der Waals surface area contributed by atoms with Gasteiger partial charge in [0.05, 0.1) is 0 Å². The van der Waals surface area contributed by atoms with Gasteiger partial charge >= 0.3 is 5.97 Å². The molecule has 7 atom stereocenters. The van der Waals surface area contributed by atoms with E-state index in [0.29, 0.717) is 10.8 Å². The number of allylic oxidation sites excluding steroid dienone is 2. The van der Waals surface area contributed by atoms with Gasteiger partial charge in [-0.25, -0.2) is 4.79 Å². The molecule has 2 heteroatoms. The Hall–Kier alpha value is -1.05. The number of hydrogen-bond acceptors (Lipinski definition) is 2. The molecule has 0 aromatic heterocycles. The molecule has 0 aliphatic heterocycles. The molecular formula is C32H52O2. The van der Waals surface area contributed by atoms with Crippen LogP contribution in [0.3, 0.4) is 0 Å². The van der Waals surface area contributed by atoms with Crippen LogP contribution in [0.2, 0.25) is 0 Å². The van der Waals surface area contributed by atoms with E-state index in [-0.39, 0.29) is 12.1 Å². The second kappa shape index (κ2) is 10.9. The van der Waals surface area contributed by atoms with Crippen molar-refractivity contribution in [3.63, 3.8) is 0 Å². The van der Waals surface area contributed by atoms with Crippen molar-refractivity contribution in [2.45, 2.75) is 137 Å². The summed E-state index contributed by atoms with van der Waals surface area (Å²) in [6.45, 7) is 11.3. The number of fused-ring (bicyclic) bond motifs is 5. The number of carbonyl (C=O) groups is 1. The van der Waals surface area contributed by atoms with Crippen molar-refractivity contribution >= 4 is 5.97 Å². The molecule has 0 radical (unpaired) electrons. The summed E-state index contributed by atoms with van der Waals surface area (Å²) in [5, 5.41) is 0. The van der Waals surface area contributed by atoms with E-state index < -0.39 is 0 Å². The van der Waals surface area contributed by atoms with Gasteiger partial charge in [0, 0.05) is 12.0 Å². The maximum absolute atomic E-state index is 12.3. The molecule has 3 fully saturated rings. The van der Waals surface area contributed by atoms with Gasteiger partial charge in [0.15, 0.2) is 0 Å². The van der Waals surface area contributed by atoms with E-state index in [1.54, 1.807) is 5.57 Å². The third-order valence-corrected chi connectivity index (χ3v) is 11.2. The van der Waals surface area contributed by atoms with Crippen molar-refractivity contribution in [3.8, 4) is 0 Å². The van der Waals surface area contributed by atoms with E-state index >= 15 is 0 Å². The number of carbonyl (C=O) groups excluding carboxylic acids is 1. The summed E-state index contributed by atoms with van der Waals surface area (Å²) in [5.41, 5.74) is 3.26. The largest absolute Gasteiger partial charge is 0.459 e. The summed E-state index contributed by atoms with van der Waals surface area (Å²) in [6.07, 6.45) is 24.8. The molecule has 7 unspecified atom stereocenters. The van der Waals surface area contributed by atoms with Crippen LogP contribution in [0.4, 0.5) is 0 Å². The van der Waals surface area contributed by atoms with Crippen LogP contribution in [0.5, 0.6) is 0 Å². The summed E-state index contributed by atoms with van der Waals surface area (Å²) in [5.74, 6) is 3.49. The van der Waals surface area contributed by atoms with Crippen molar-refractivity contribution in [2.24, 2.45) is 34.5 Å². The zero-order valence-corrected chi connectivity index (χ0v) is 23.0. The molecule has 0 aromatic carbocycles. The smallest absolute Gasteiger partial charge is 0.333 e. The molecule has 0 N–H and O–H groups in total. The molecule has 192 valence electrons. The standard InChI is InChI=1S/C32H52O2/c1-6-8-9-10-11-12-13-24-15-17-28-27-16-14-25-22-26(34-30(33)23(3)7-2)18-20-32(25,5)29(27)19-21-31(24,28)4/h7,14,24,26-29H,6,8-13,15-22H2,1-5H3. The van der Waals surface area contributed by atoms with E-state index in [1.165, 1.54) is 83.5 Å². The first-order valence-electron chi connectivity index (χ1n) is 14.9. The van der Waals surface area contributed by atoms with Crippen LogP contribution in [-0.4, -0.2) is 12.1 Å². The molecule has 4 aliphatic carbocycles. The Morgan fingerprint density at radius 1 is 1.03 bits per heavy atom. The lowest BCUT2D eigenvalue weighted by Gasteiger charge is -2.58. The van der Waals surface area contributed by atoms with E-state index in [9.17, 15) is 4.79 Å². The van der Waals surface area contributed by atoms with Gasteiger partial charge in [0.2, 0.25) is 0 Å². The first-order valence-corrected chi connectivity index (χ1v) is 14.9. The monoisotopic (exact) mass is 468 g/mol. The van der Waals surface area contributed by atoms with Crippen LogP contribution in [0.25, 0.3) is 0 Å². The lowest BCUT2D eigenvalue weighted by molar-refractivity contribution is -0.146. The first kappa shape index (κ1) is 26.0. The second-order valence-corrected chi connectivity index (χ2v) is 12.9. The molecule has 0 aromatic rings. The number of esters is 1. The molecule has 0 heterocycles. The Morgan fingerprint density at radius 2 is 1.79 bits per heavy atom. The van der Waals surface area contributed by atoms with Gasteiger partial charge in [-0.15, -0.1) is 0 Å². The van der Waals surface area contributed by atoms with Crippen LogP contribution >= 0.6 is 0 Å². The van der Waals surface area contributed by atoms with Crippen LogP contribution in [0.1, 0.15) is 131 Å². The fourth-order valence-corrected chi connectivity index (χ4v) is 8.84. The van der Waals surface area contributed by atoms with Gasteiger partial charge < -0.3 is 4.74 Å². The number of unbranched alkanes of at least 4 members (excludes halogenated alkanes) is 5. The summed E-state index contributed by atoms with van der Waals surface area (Å²) in [6, 6.07) is 0. The fourth-order valence-electron chi connectivity index (χ4n) is 8.84. The van der Waals surface area contributed by atoms with Gasteiger partial charge in [-0.05, 0) is 99.7 Å². The normalized spacial score (nSPS) is 39.6. The fraction of sp³-hybridized carbons (Fsp3) is 0.844. The van der Waals surface area contributed by atoms with E-state index in [0.717, 1.165) is 42.1 Å². The Kier molecular flexibility index (Phi) is 8.36. The van der Waals surface area contributed by atoms with Crippen molar-refractivity contribution < 1.29 is 9.53 Å². The van der Waals surface area contributed by atoms with Crippen LogP contribution in [0, 0.1) is 34.5 Å². The average Bonchev–Trinajstić information content (AvgIpc) is 3.17. The Balaban J connectivity index is 1.38. The summed E-state index contributed by atoms with van der Waals surface area (Å²) >= 11 is 0. The van der Waals surface area contributed by atoms with Gasteiger partial charge in [-0.2, -0.15) is 0 Å². The summed E-state index contributed by atoms with van der Waals surface area (Å²) < 4.78 is 5.89. The minimum absolute atomic E-state index is 0.0697. The Bertz CT molecular complexity index is 778. The SMILES string of the molecule is CC=C(C)C(=O)OC1CCC2(C)C(=CCC3C2CCC2(C)C(CCCCCCCC)CCC32)C1. The highest BCUT2D eigenvalue weighted by Gasteiger charge is 2.58. The predicted octanol–water partition coefficient (Wildman–Crippen LogP) is 9.19. The van der Waals surface area contributed by atoms with Crippen LogP contribution < -0.4 is 0 Å². The topological polar surface area (TPSA) is 26.3 Å². The number of rotatable bonds is 9. The molecule has 0 saturated heterocycles. The molecular weight excluding hydrogens is 416 g/mol. The minimum atomic E-state index is -0.124. The van der Waals surface area contributed by atoms with Crippen LogP contribution in [0.15, 0.2) is 23.3 Å². The quantitative estimate of drug-likeness (QED) is 0.146. The highest BCUT2D eigenvalue weighted by atomic mass is 16.5. The van der Waals surface area contributed by atoms with Gasteiger partial charge in [-0.1, -0.05) is 77.0 Å². The summed E-state index contributed by atoms with van der Waals surface area (Å²) in [4.78, 5) is 12.3. The third-order valence-electron chi connectivity index (χ3n) is 11.2. The maximum atomic E-state index is 12.3. The second-order valence-electron chi connectivity index (χ2n) is 12.9. The van der Waals surface area contributed by atoms with E-state index in [1.807, 2.05) is 19.9 Å². The molecule has 2 nitrogen and oxygen atoms in total. The van der Waals surface area contributed by atoms with Crippen molar-refractivity contribution in [3.05, 3.63) is 23.3 Å². The molecule has 0 bridgehead atoms. The highest BCUT2D eigenvalue weighted by molar-refractivity contribution is 5.87. The molecule has 34 heavy (non-hydrogen) atoms. The molecule has 0 amide bonds. The average molecular weight is 469 g/mol. The third kappa shape index (κ3) is 4.94. The van der Waals surface area contributed by atoms with E-state index in [4.69, 9.17) is 4.74 Å². The van der Waals surface area contributed by atoms with Crippen LogP contribution in [-0.2, 0) is 9.53 Å². The lowest BCUT2D eigenvalue weighted by Crippen LogP contribution is -2.50. The molecule has 4 rings (SSSR count). The zero-order valence-electron chi connectivity index (χ0n) is 23.0. The predicted molar refractivity (Wildman–Crippen MR) is 142 cm³/mol. The zero-order chi connectivity index (χ0) is 24.3. The van der Waals surface area contributed by atoms with E-state index in [2.05, 4.69) is 26.8 Å². The molecule has 4 aliphatic rings. The molecule has 3 saturated carbocycles. The Morgan fingerprint density at radius 3 is 2.56 bits per heavy atom. The van der Waals surface area contributed by atoms with Gasteiger partial charge in [0.25, 0.3) is 0 Å². The van der Waals surface area contributed by atoms with Gasteiger partial charge in [-0.3, -0.25) is 0 Å². The number of hydrogen-bond donors (Lipinski definition) is 0.